The topological polar surface area (TPSA) is 78.3 Å². The van der Waals surface area contributed by atoms with Gasteiger partial charge in [0, 0.05) is 65.4 Å². The van der Waals surface area contributed by atoms with Gasteiger partial charge in [-0.15, -0.1) is 0 Å². The Morgan fingerprint density at radius 3 is 2.63 bits per heavy atom. The third kappa shape index (κ3) is 4.93. The van der Waals surface area contributed by atoms with Crippen LogP contribution in [0, 0.1) is 11.3 Å². The smallest absolute Gasteiger partial charge is 0.254 e. The molecule has 38 heavy (non-hydrogen) atoms. The van der Waals surface area contributed by atoms with Crippen molar-refractivity contribution in [3.8, 4) is 6.07 Å². The molecule has 1 atom stereocenters. The minimum atomic E-state index is 0.0121. The second-order valence-electron chi connectivity index (χ2n) is 10.1. The number of carbonyl (C=O) groups excluding carboxylic acids is 1. The van der Waals surface area contributed by atoms with Gasteiger partial charge in [0.2, 0.25) is 0 Å². The van der Waals surface area contributed by atoms with Crippen molar-refractivity contribution in [2.75, 3.05) is 13.1 Å². The van der Waals surface area contributed by atoms with Crippen molar-refractivity contribution < 1.29 is 4.79 Å². The Hall–Kier alpha value is -4.34. The number of hydrogen-bond donors (Lipinski definition) is 1. The van der Waals surface area contributed by atoms with E-state index in [0.717, 1.165) is 53.1 Å². The number of amides is 1. The maximum Gasteiger partial charge on any atom is 0.254 e. The summed E-state index contributed by atoms with van der Waals surface area (Å²) in [6, 6.07) is 20.6. The summed E-state index contributed by atoms with van der Waals surface area (Å²) >= 11 is 0. The first-order chi connectivity index (χ1) is 18.4. The second-order valence-corrected chi connectivity index (χ2v) is 10.1. The molecule has 6 heteroatoms. The summed E-state index contributed by atoms with van der Waals surface area (Å²) in [5.41, 5.74) is 13.7. The van der Waals surface area contributed by atoms with Crippen LogP contribution in [-0.4, -0.2) is 39.4 Å². The molecule has 3 heterocycles. The van der Waals surface area contributed by atoms with Crippen molar-refractivity contribution in [1.82, 2.24) is 14.4 Å². The lowest BCUT2D eigenvalue weighted by Crippen LogP contribution is -2.46. The number of likely N-dealkylation sites (tertiary alicyclic amines) is 1. The number of piperidine rings is 1. The van der Waals surface area contributed by atoms with Crippen LogP contribution in [0.3, 0.4) is 0 Å². The number of rotatable bonds is 5. The molecular weight excluding hydrogens is 470 g/mol. The molecule has 2 N–H and O–H groups in total. The van der Waals surface area contributed by atoms with Gasteiger partial charge in [0.15, 0.2) is 0 Å². The van der Waals surface area contributed by atoms with Crippen molar-refractivity contribution in [2.45, 2.75) is 39.3 Å². The summed E-state index contributed by atoms with van der Waals surface area (Å²) in [4.78, 5) is 17.0. The quantitative estimate of drug-likeness (QED) is 0.497. The number of carbonyl (C=O) groups is 1. The van der Waals surface area contributed by atoms with Gasteiger partial charge in [-0.25, -0.2) is 0 Å². The van der Waals surface area contributed by atoms with Gasteiger partial charge in [-0.05, 0) is 74.2 Å². The number of benzene rings is 2. The molecule has 0 radical (unpaired) electrons. The summed E-state index contributed by atoms with van der Waals surface area (Å²) in [6.45, 7) is 10.5. The van der Waals surface area contributed by atoms with Crippen molar-refractivity contribution >= 4 is 22.4 Å². The standard InChI is InChI=1S/C32H33N5O/c1-22-17-28(32(38)35-15-6-8-29(34)21-35)14-16-36(22)24(3)23(2)31-18-27-7-4-5-9-30(27)37(31)20-26-12-10-25(19-33)11-13-26/h4-5,7,9-14,16-18,29H,1,6,8,15,20-21,34H2,2-3H3/b24-23+. The van der Waals surface area contributed by atoms with Crippen LogP contribution in [0.4, 0.5) is 0 Å². The van der Waals surface area contributed by atoms with Crippen LogP contribution in [0.1, 0.15) is 43.5 Å². The fourth-order valence-electron chi connectivity index (χ4n) is 5.31. The molecule has 1 fully saturated rings. The van der Waals surface area contributed by atoms with Crippen LogP contribution in [0.2, 0.25) is 0 Å². The molecule has 2 aromatic carbocycles. The first-order valence-electron chi connectivity index (χ1n) is 13.0. The summed E-state index contributed by atoms with van der Waals surface area (Å²) in [6.07, 6.45) is 7.58. The Morgan fingerprint density at radius 1 is 1.16 bits per heavy atom. The van der Waals surface area contributed by atoms with Crippen molar-refractivity contribution in [2.24, 2.45) is 5.73 Å². The first kappa shape index (κ1) is 25.3. The molecule has 2 aliphatic rings. The zero-order valence-electron chi connectivity index (χ0n) is 22.0. The molecule has 2 aliphatic heterocycles. The molecule has 3 aromatic rings. The van der Waals surface area contributed by atoms with Crippen LogP contribution in [0.25, 0.3) is 16.5 Å². The molecule has 0 bridgehead atoms. The minimum Gasteiger partial charge on any atom is -0.337 e. The van der Waals surface area contributed by atoms with Gasteiger partial charge in [0.05, 0.1) is 11.6 Å². The Morgan fingerprint density at radius 2 is 1.92 bits per heavy atom. The number of fused-ring (bicyclic) bond motifs is 1. The van der Waals surface area contributed by atoms with E-state index in [1.807, 2.05) is 52.4 Å². The number of allylic oxidation sites excluding steroid dienone is 3. The maximum absolute atomic E-state index is 13.1. The normalized spacial score (nSPS) is 18.3. The van der Waals surface area contributed by atoms with Gasteiger partial charge in [0.25, 0.3) is 5.91 Å². The van der Waals surface area contributed by atoms with E-state index >= 15 is 0 Å². The monoisotopic (exact) mass is 503 g/mol. The van der Waals surface area contributed by atoms with Gasteiger partial charge in [-0.3, -0.25) is 4.79 Å². The lowest BCUT2D eigenvalue weighted by atomic mass is 10.0. The summed E-state index contributed by atoms with van der Waals surface area (Å²) in [5, 5.41) is 10.3. The van der Waals surface area contributed by atoms with Gasteiger partial charge >= 0.3 is 0 Å². The van der Waals surface area contributed by atoms with Gasteiger partial charge < -0.3 is 20.1 Å². The van der Waals surface area contributed by atoms with E-state index in [1.165, 1.54) is 5.39 Å². The van der Waals surface area contributed by atoms with E-state index in [9.17, 15) is 4.79 Å². The predicted molar refractivity (Wildman–Crippen MR) is 152 cm³/mol. The van der Waals surface area contributed by atoms with Crippen LogP contribution in [-0.2, 0) is 11.3 Å². The Bertz CT molecular complexity index is 1530. The van der Waals surface area contributed by atoms with Crippen molar-refractivity contribution in [1.29, 1.82) is 5.26 Å². The lowest BCUT2D eigenvalue weighted by molar-refractivity contribution is -0.127. The van der Waals surface area contributed by atoms with Crippen LogP contribution in [0.15, 0.2) is 96.5 Å². The highest BCUT2D eigenvalue weighted by Gasteiger charge is 2.25. The molecule has 0 saturated carbocycles. The van der Waals surface area contributed by atoms with E-state index in [4.69, 9.17) is 11.0 Å². The molecule has 1 unspecified atom stereocenters. The predicted octanol–water partition coefficient (Wildman–Crippen LogP) is 5.53. The van der Waals surface area contributed by atoms with E-state index in [-0.39, 0.29) is 11.9 Å². The van der Waals surface area contributed by atoms with Gasteiger partial charge in [-0.2, -0.15) is 5.26 Å². The summed E-state index contributed by atoms with van der Waals surface area (Å²) in [5.74, 6) is 0.0121. The Labute approximate surface area is 224 Å². The molecule has 6 nitrogen and oxygen atoms in total. The van der Waals surface area contributed by atoms with Crippen LogP contribution >= 0.6 is 0 Å². The minimum absolute atomic E-state index is 0.0121. The molecule has 192 valence electrons. The molecular formula is C32H33N5O. The third-order valence-electron chi connectivity index (χ3n) is 7.55. The largest absolute Gasteiger partial charge is 0.337 e. The fraction of sp³-hybridized carbons (Fsp3) is 0.250. The third-order valence-corrected chi connectivity index (χ3v) is 7.55. The van der Waals surface area contributed by atoms with Crippen LogP contribution < -0.4 is 5.73 Å². The molecule has 1 amide bonds. The van der Waals surface area contributed by atoms with Crippen molar-refractivity contribution in [3.05, 3.63) is 113 Å². The zero-order chi connectivity index (χ0) is 26.8. The highest BCUT2D eigenvalue weighted by atomic mass is 16.2. The van der Waals surface area contributed by atoms with E-state index in [0.29, 0.717) is 24.2 Å². The molecule has 0 aliphatic carbocycles. The average molecular weight is 504 g/mol. The van der Waals surface area contributed by atoms with Gasteiger partial charge in [0.1, 0.15) is 0 Å². The summed E-state index contributed by atoms with van der Waals surface area (Å²) < 4.78 is 2.32. The number of nitriles is 1. The number of hydrogen-bond acceptors (Lipinski definition) is 4. The maximum atomic E-state index is 13.1. The number of para-hydroxylation sites is 1. The number of nitrogens with two attached hydrogens (primary N) is 1. The van der Waals surface area contributed by atoms with Crippen LogP contribution in [0.5, 0.6) is 0 Å². The lowest BCUT2D eigenvalue weighted by Gasteiger charge is -2.32. The molecule has 0 spiro atoms. The fourth-order valence-corrected chi connectivity index (χ4v) is 5.31. The molecule has 1 saturated heterocycles. The Balaban J connectivity index is 1.44. The zero-order valence-corrected chi connectivity index (χ0v) is 22.0. The SMILES string of the molecule is C=C1C=C(C(=O)N2CCCC(N)C2)C=CN1/C(C)=C(\C)c1cc2ccccc2n1Cc1ccc(C#N)cc1. The van der Waals surface area contributed by atoms with Gasteiger partial charge in [-0.1, -0.05) is 36.9 Å². The first-order valence-corrected chi connectivity index (χ1v) is 13.0. The summed E-state index contributed by atoms with van der Waals surface area (Å²) in [7, 11) is 0. The second kappa shape index (κ2) is 10.6. The molecule has 1 aromatic heterocycles. The highest BCUT2D eigenvalue weighted by Crippen LogP contribution is 2.32. The molecule has 5 rings (SSSR count). The van der Waals surface area contributed by atoms with E-state index < -0.39 is 0 Å². The average Bonchev–Trinajstić information content (AvgIpc) is 3.30. The van der Waals surface area contributed by atoms with E-state index in [1.54, 1.807) is 0 Å². The van der Waals surface area contributed by atoms with E-state index in [2.05, 4.69) is 61.4 Å². The highest BCUT2D eigenvalue weighted by molar-refractivity contribution is 5.97. The van der Waals surface area contributed by atoms with Crippen molar-refractivity contribution in [3.63, 3.8) is 0 Å². The number of aromatic nitrogens is 1. The number of nitrogens with zero attached hydrogens (tertiary/aromatic N) is 4. The Kier molecular flexibility index (Phi) is 7.04.